The molecule has 182 valence electrons. The van der Waals surface area contributed by atoms with E-state index in [-0.39, 0.29) is 13.2 Å². The van der Waals surface area contributed by atoms with Gasteiger partial charge in [0.2, 0.25) is 5.91 Å². The molecular formula is C23H25BrIN3O6. The Hall–Kier alpha value is -2.67. The molecule has 1 unspecified atom stereocenters. The quantitative estimate of drug-likeness (QED) is 0.125. The number of rotatable bonds is 11. The molecule has 11 heteroatoms. The normalized spacial score (nSPS) is 11.6. The van der Waals surface area contributed by atoms with Gasteiger partial charge in [-0.05, 0) is 89.1 Å². The van der Waals surface area contributed by atoms with Gasteiger partial charge in [0.05, 0.1) is 28.7 Å². The fourth-order valence-electron chi connectivity index (χ4n) is 2.59. The summed E-state index contributed by atoms with van der Waals surface area (Å²) < 4.78 is 17.5. The summed E-state index contributed by atoms with van der Waals surface area (Å²) in [6.45, 7) is 5.44. The third-order valence-electron chi connectivity index (χ3n) is 4.28. The van der Waals surface area contributed by atoms with E-state index in [9.17, 15) is 14.4 Å². The van der Waals surface area contributed by atoms with E-state index in [0.717, 1.165) is 0 Å². The lowest BCUT2D eigenvalue weighted by Crippen LogP contribution is -2.34. The molecule has 0 aromatic heterocycles. The van der Waals surface area contributed by atoms with Crippen molar-refractivity contribution in [1.82, 2.24) is 5.43 Å². The minimum Gasteiger partial charge on any atom is -0.490 e. The van der Waals surface area contributed by atoms with E-state index in [1.165, 1.54) is 13.1 Å². The predicted molar refractivity (Wildman–Crippen MR) is 140 cm³/mol. The monoisotopic (exact) mass is 645 g/mol. The number of ether oxygens (including phenoxy) is 3. The Morgan fingerprint density at radius 3 is 2.53 bits per heavy atom. The third kappa shape index (κ3) is 8.28. The van der Waals surface area contributed by atoms with Gasteiger partial charge in [-0.15, -0.1) is 0 Å². The SMILES string of the molecule is CCOC(=O)COc1c(I)cc(C=NNC(=O)C(C)C(=O)Nc2ccccc2Br)cc1OCC. The van der Waals surface area contributed by atoms with Crippen LogP contribution in [-0.2, 0) is 19.1 Å². The smallest absolute Gasteiger partial charge is 0.344 e. The van der Waals surface area contributed by atoms with Crippen LogP contribution in [-0.4, -0.2) is 43.8 Å². The lowest BCUT2D eigenvalue weighted by Gasteiger charge is -2.14. The van der Waals surface area contributed by atoms with Crippen LogP contribution in [0, 0.1) is 9.49 Å². The first-order chi connectivity index (χ1) is 16.3. The molecule has 9 nitrogen and oxygen atoms in total. The Labute approximate surface area is 219 Å². The Balaban J connectivity index is 2.03. The van der Waals surface area contributed by atoms with Crippen LogP contribution in [0.4, 0.5) is 5.69 Å². The summed E-state index contributed by atoms with van der Waals surface area (Å²) in [7, 11) is 0. The summed E-state index contributed by atoms with van der Waals surface area (Å²) in [6.07, 6.45) is 1.43. The number of nitrogens with zero attached hydrogens (tertiary/aromatic N) is 1. The van der Waals surface area contributed by atoms with Gasteiger partial charge in [-0.3, -0.25) is 9.59 Å². The first-order valence-corrected chi connectivity index (χ1v) is 12.3. The molecule has 0 aliphatic heterocycles. The minimum absolute atomic E-state index is 0.243. The third-order valence-corrected chi connectivity index (χ3v) is 5.77. The van der Waals surface area contributed by atoms with Gasteiger partial charge in [-0.25, -0.2) is 10.2 Å². The lowest BCUT2D eigenvalue weighted by molar-refractivity contribution is -0.145. The van der Waals surface area contributed by atoms with E-state index in [1.807, 2.05) is 13.0 Å². The molecule has 0 spiro atoms. The molecule has 0 bridgehead atoms. The number of hydrogen-bond donors (Lipinski definition) is 2. The summed E-state index contributed by atoms with van der Waals surface area (Å²) in [6, 6.07) is 10.5. The average Bonchev–Trinajstić information content (AvgIpc) is 2.79. The maximum absolute atomic E-state index is 12.4. The molecule has 0 saturated heterocycles. The number of amides is 2. The number of hydrazone groups is 1. The standard InChI is InChI=1S/C23H25BrIN3O6/c1-4-32-19-11-15(10-17(25)21(19)34-13-20(29)33-5-2)12-26-28-23(31)14(3)22(30)27-18-9-7-6-8-16(18)24/h6-12,14H,4-5,13H2,1-3H3,(H,27,30)(H,28,31). The topological polar surface area (TPSA) is 115 Å². The van der Waals surface area contributed by atoms with Crippen LogP contribution >= 0.6 is 38.5 Å². The molecule has 0 aliphatic carbocycles. The van der Waals surface area contributed by atoms with Crippen molar-refractivity contribution < 1.29 is 28.6 Å². The predicted octanol–water partition coefficient (Wildman–Crippen LogP) is 4.12. The minimum atomic E-state index is -0.970. The van der Waals surface area contributed by atoms with Gasteiger partial charge in [-0.1, -0.05) is 12.1 Å². The molecule has 2 aromatic rings. The van der Waals surface area contributed by atoms with Gasteiger partial charge in [-0.2, -0.15) is 5.10 Å². The van der Waals surface area contributed by atoms with E-state index in [4.69, 9.17) is 14.2 Å². The molecule has 34 heavy (non-hydrogen) atoms. The van der Waals surface area contributed by atoms with Gasteiger partial charge < -0.3 is 19.5 Å². The summed E-state index contributed by atoms with van der Waals surface area (Å²) in [5.41, 5.74) is 3.57. The number of hydrogen-bond acceptors (Lipinski definition) is 7. The van der Waals surface area contributed by atoms with E-state index in [0.29, 0.717) is 37.4 Å². The zero-order chi connectivity index (χ0) is 25.1. The highest BCUT2D eigenvalue weighted by atomic mass is 127. The molecule has 0 fully saturated rings. The van der Waals surface area contributed by atoms with Crippen molar-refractivity contribution in [3.63, 3.8) is 0 Å². The number of anilines is 1. The zero-order valence-electron chi connectivity index (χ0n) is 18.9. The van der Waals surface area contributed by atoms with Crippen molar-refractivity contribution in [2.45, 2.75) is 20.8 Å². The Bertz CT molecular complexity index is 1060. The fraction of sp³-hybridized carbons (Fsp3) is 0.304. The highest BCUT2D eigenvalue weighted by Crippen LogP contribution is 2.34. The largest absolute Gasteiger partial charge is 0.490 e. The van der Waals surface area contributed by atoms with Gasteiger partial charge in [0.1, 0.15) is 5.92 Å². The van der Waals surface area contributed by atoms with E-state index in [2.05, 4.69) is 54.4 Å². The summed E-state index contributed by atoms with van der Waals surface area (Å²) in [4.78, 5) is 36.3. The number of halogens is 2. The van der Waals surface area contributed by atoms with Crippen LogP contribution in [0.3, 0.4) is 0 Å². The number of carbonyl (C=O) groups is 3. The Morgan fingerprint density at radius 2 is 1.85 bits per heavy atom. The molecule has 0 heterocycles. The maximum atomic E-state index is 12.4. The van der Waals surface area contributed by atoms with E-state index >= 15 is 0 Å². The second-order valence-electron chi connectivity index (χ2n) is 6.78. The first-order valence-electron chi connectivity index (χ1n) is 10.4. The van der Waals surface area contributed by atoms with Crippen LogP contribution in [0.15, 0.2) is 46.0 Å². The van der Waals surface area contributed by atoms with Crippen LogP contribution < -0.4 is 20.2 Å². The molecule has 1 atom stereocenters. The number of benzene rings is 2. The molecule has 2 aromatic carbocycles. The highest BCUT2D eigenvalue weighted by molar-refractivity contribution is 14.1. The number of esters is 1. The molecule has 2 amide bonds. The van der Waals surface area contributed by atoms with Crippen molar-refractivity contribution in [1.29, 1.82) is 0 Å². The summed E-state index contributed by atoms with van der Waals surface area (Å²) >= 11 is 5.40. The molecule has 2 N–H and O–H groups in total. The molecule has 0 saturated carbocycles. The zero-order valence-corrected chi connectivity index (χ0v) is 22.6. The van der Waals surface area contributed by atoms with Crippen LogP contribution in [0.2, 0.25) is 0 Å². The van der Waals surface area contributed by atoms with Crippen LogP contribution in [0.1, 0.15) is 26.3 Å². The second-order valence-corrected chi connectivity index (χ2v) is 8.80. The lowest BCUT2D eigenvalue weighted by atomic mass is 10.1. The first kappa shape index (κ1) is 27.6. The van der Waals surface area contributed by atoms with Gasteiger partial charge in [0.25, 0.3) is 5.91 Å². The van der Waals surface area contributed by atoms with Crippen molar-refractivity contribution >= 4 is 68.2 Å². The van der Waals surface area contributed by atoms with E-state index < -0.39 is 23.7 Å². The van der Waals surface area contributed by atoms with Gasteiger partial charge in [0, 0.05) is 4.47 Å². The maximum Gasteiger partial charge on any atom is 0.344 e. The van der Waals surface area contributed by atoms with Crippen LogP contribution in [0.5, 0.6) is 11.5 Å². The Kier molecular flexibility index (Phi) is 11.3. The second kappa shape index (κ2) is 13.9. The number of carbonyl (C=O) groups excluding carboxylic acids is 3. The number of para-hydroxylation sites is 1. The summed E-state index contributed by atoms with van der Waals surface area (Å²) in [5.74, 6) is -1.64. The highest BCUT2D eigenvalue weighted by Gasteiger charge is 2.22. The van der Waals surface area contributed by atoms with Gasteiger partial charge in [0.15, 0.2) is 18.1 Å². The van der Waals surface area contributed by atoms with Crippen molar-refractivity contribution in [3.8, 4) is 11.5 Å². The van der Waals surface area contributed by atoms with Crippen LogP contribution in [0.25, 0.3) is 0 Å². The van der Waals surface area contributed by atoms with Crippen molar-refractivity contribution in [2.24, 2.45) is 11.0 Å². The molecular weight excluding hydrogens is 621 g/mol. The molecule has 2 rings (SSSR count). The van der Waals surface area contributed by atoms with Gasteiger partial charge >= 0.3 is 5.97 Å². The number of nitrogens with one attached hydrogen (secondary N) is 2. The summed E-state index contributed by atoms with van der Waals surface area (Å²) in [5, 5.41) is 6.65. The van der Waals surface area contributed by atoms with E-state index in [1.54, 1.807) is 37.3 Å². The average molecular weight is 646 g/mol. The molecule has 0 radical (unpaired) electrons. The molecule has 0 aliphatic rings. The Morgan fingerprint density at radius 1 is 1.12 bits per heavy atom. The fourth-order valence-corrected chi connectivity index (χ4v) is 3.75. The van der Waals surface area contributed by atoms with Crippen molar-refractivity contribution in [2.75, 3.05) is 25.1 Å². The van der Waals surface area contributed by atoms with Crippen molar-refractivity contribution in [3.05, 3.63) is 50.0 Å².